The van der Waals surface area contributed by atoms with Crippen molar-refractivity contribution in [1.29, 1.82) is 0 Å². The predicted octanol–water partition coefficient (Wildman–Crippen LogP) is 3.01. The highest BCUT2D eigenvalue weighted by Gasteiger charge is 2.33. The molecule has 4 nitrogen and oxygen atoms in total. The van der Waals surface area contributed by atoms with Gasteiger partial charge in [-0.05, 0) is 18.8 Å². The van der Waals surface area contributed by atoms with E-state index >= 15 is 0 Å². The molecule has 0 bridgehead atoms. The number of aromatic nitrogens is 2. The highest BCUT2D eigenvalue weighted by atomic mass is 15.3. The fourth-order valence-corrected chi connectivity index (χ4v) is 1.94. The Morgan fingerprint density at radius 2 is 2.35 bits per heavy atom. The first-order valence-corrected chi connectivity index (χ1v) is 6.36. The second kappa shape index (κ2) is 5.22. The second-order valence-corrected chi connectivity index (χ2v) is 4.92. The number of anilines is 1. The van der Waals surface area contributed by atoms with E-state index in [1.807, 2.05) is 19.3 Å². The van der Waals surface area contributed by atoms with Crippen LogP contribution in [0.2, 0.25) is 0 Å². The molecule has 2 rings (SSSR count). The van der Waals surface area contributed by atoms with Gasteiger partial charge in [0.2, 0.25) is 0 Å². The molecule has 1 aromatic rings. The SMILES string of the molecule is CNc1ccn(C(CC#[N+]C(C)C)C2CC2)n1. The van der Waals surface area contributed by atoms with Crippen LogP contribution < -0.4 is 5.32 Å². The lowest BCUT2D eigenvalue weighted by atomic mass is 10.1. The monoisotopic (exact) mass is 233 g/mol. The molecule has 1 aliphatic rings. The van der Waals surface area contributed by atoms with Gasteiger partial charge in [0.25, 0.3) is 12.1 Å². The average Bonchev–Trinajstić information content (AvgIpc) is 3.02. The van der Waals surface area contributed by atoms with E-state index in [0.29, 0.717) is 12.1 Å². The van der Waals surface area contributed by atoms with Gasteiger partial charge in [0.05, 0.1) is 6.04 Å². The molecule has 1 saturated carbocycles. The summed E-state index contributed by atoms with van der Waals surface area (Å²) in [7, 11) is 1.89. The largest absolute Gasteiger partial charge is 0.372 e. The zero-order valence-electron chi connectivity index (χ0n) is 10.8. The minimum atomic E-state index is 0.334. The summed E-state index contributed by atoms with van der Waals surface area (Å²) in [6, 6.07) is 5.95. The zero-order valence-corrected chi connectivity index (χ0v) is 10.8. The van der Waals surface area contributed by atoms with E-state index in [0.717, 1.165) is 18.2 Å². The summed E-state index contributed by atoms with van der Waals surface area (Å²) < 4.78 is 2.06. The minimum absolute atomic E-state index is 0.334. The second-order valence-electron chi connectivity index (χ2n) is 4.92. The van der Waals surface area contributed by atoms with Crippen molar-refractivity contribution < 1.29 is 0 Å². The topological polar surface area (TPSA) is 34.2 Å². The Bertz CT molecular complexity index is 420. The van der Waals surface area contributed by atoms with E-state index in [1.54, 1.807) is 0 Å². The molecule has 1 fully saturated rings. The van der Waals surface area contributed by atoms with Crippen molar-refractivity contribution in [2.45, 2.75) is 45.2 Å². The van der Waals surface area contributed by atoms with Crippen molar-refractivity contribution in [1.82, 2.24) is 9.78 Å². The summed E-state index contributed by atoms with van der Waals surface area (Å²) in [4.78, 5) is 4.32. The van der Waals surface area contributed by atoms with Crippen molar-refractivity contribution in [3.05, 3.63) is 17.1 Å². The fourth-order valence-electron chi connectivity index (χ4n) is 1.94. The molecule has 0 radical (unpaired) electrons. The maximum atomic E-state index is 4.51. The van der Waals surface area contributed by atoms with Crippen molar-refractivity contribution in [3.63, 3.8) is 0 Å². The number of rotatable bonds is 4. The lowest BCUT2D eigenvalue weighted by Crippen LogP contribution is -2.11. The molecule has 0 spiro atoms. The van der Waals surface area contributed by atoms with Gasteiger partial charge < -0.3 is 5.32 Å². The van der Waals surface area contributed by atoms with E-state index in [-0.39, 0.29) is 0 Å². The first-order valence-electron chi connectivity index (χ1n) is 6.36. The van der Waals surface area contributed by atoms with Gasteiger partial charge in [0.15, 0.2) is 0 Å². The van der Waals surface area contributed by atoms with E-state index in [1.165, 1.54) is 12.8 Å². The van der Waals surface area contributed by atoms with Crippen LogP contribution in [0.25, 0.3) is 4.85 Å². The van der Waals surface area contributed by atoms with E-state index in [4.69, 9.17) is 0 Å². The quantitative estimate of drug-likeness (QED) is 0.867. The average molecular weight is 233 g/mol. The third-order valence-corrected chi connectivity index (χ3v) is 3.02. The van der Waals surface area contributed by atoms with Crippen LogP contribution in [-0.2, 0) is 0 Å². The molecule has 1 atom stereocenters. The number of hydrogen-bond donors (Lipinski definition) is 1. The van der Waals surface area contributed by atoms with Crippen molar-refractivity contribution in [2.24, 2.45) is 5.92 Å². The Labute approximate surface area is 103 Å². The van der Waals surface area contributed by atoms with Gasteiger partial charge in [-0.3, -0.25) is 4.68 Å². The molecular weight excluding hydrogens is 212 g/mol. The lowest BCUT2D eigenvalue weighted by Gasteiger charge is -2.11. The summed E-state index contributed by atoms with van der Waals surface area (Å²) in [6.45, 7) is 4.15. The van der Waals surface area contributed by atoms with Crippen LogP contribution in [0.15, 0.2) is 12.3 Å². The Hall–Kier alpha value is -1.50. The molecule has 92 valence electrons. The Balaban J connectivity index is 2.04. The summed E-state index contributed by atoms with van der Waals surface area (Å²) in [5.74, 6) is 1.69. The normalized spacial score (nSPS) is 16.5. The number of nitrogens with one attached hydrogen (secondary N) is 1. The molecule has 0 saturated heterocycles. The zero-order chi connectivity index (χ0) is 12.3. The molecule has 0 aromatic carbocycles. The van der Waals surface area contributed by atoms with Gasteiger partial charge in [0, 0.05) is 33.2 Å². The maximum Gasteiger partial charge on any atom is 0.275 e. The molecule has 1 aliphatic carbocycles. The molecule has 17 heavy (non-hydrogen) atoms. The maximum absolute atomic E-state index is 4.51. The first-order chi connectivity index (χ1) is 8.20. The lowest BCUT2D eigenvalue weighted by molar-refractivity contribution is 0.414. The smallest absolute Gasteiger partial charge is 0.275 e. The standard InChI is InChI=1S/C13H21N4/c1-10(2)15-8-6-12(11-4-5-11)17-9-7-13(14-3)16-17/h7,9-12H,4-6H2,1-3H3,(H,14,16)/q+1. The van der Waals surface area contributed by atoms with Crippen LogP contribution in [0.4, 0.5) is 5.82 Å². The third-order valence-electron chi connectivity index (χ3n) is 3.02. The van der Waals surface area contributed by atoms with Gasteiger partial charge in [-0.25, -0.2) is 0 Å². The number of hydrogen-bond acceptors (Lipinski definition) is 2. The van der Waals surface area contributed by atoms with E-state index in [2.05, 4.69) is 39.9 Å². The van der Waals surface area contributed by atoms with Gasteiger partial charge in [-0.2, -0.15) is 5.10 Å². The summed E-state index contributed by atoms with van der Waals surface area (Å²) in [6.07, 6.45) is 5.53. The Morgan fingerprint density at radius 1 is 1.59 bits per heavy atom. The molecule has 1 N–H and O–H groups in total. The van der Waals surface area contributed by atoms with Crippen molar-refractivity contribution in [3.8, 4) is 6.07 Å². The molecule has 4 heteroatoms. The minimum Gasteiger partial charge on any atom is -0.372 e. The van der Waals surface area contributed by atoms with Crippen LogP contribution >= 0.6 is 0 Å². The summed E-state index contributed by atoms with van der Waals surface area (Å²) >= 11 is 0. The van der Waals surface area contributed by atoms with E-state index in [9.17, 15) is 0 Å². The van der Waals surface area contributed by atoms with Crippen molar-refractivity contribution >= 4 is 5.82 Å². The van der Waals surface area contributed by atoms with Crippen LogP contribution in [0.3, 0.4) is 0 Å². The van der Waals surface area contributed by atoms with Gasteiger partial charge in [0.1, 0.15) is 12.2 Å². The molecule has 1 aromatic heterocycles. The Morgan fingerprint density at radius 3 is 2.88 bits per heavy atom. The van der Waals surface area contributed by atoms with Crippen LogP contribution in [-0.4, -0.2) is 22.9 Å². The van der Waals surface area contributed by atoms with E-state index < -0.39 is 0 Å². The van der Waals surface area contributed by atoms with Gasteiger partial charge in [-0.1, -0.05) is 4.85 Å². The van der Waals surface area contributed by atoms with Gasteiger partial charge >= 0.3 is 0 Å². The van der Waals surface area contributed by atoms with Crippen LogP contribution in [0.5, 0.6) is 0 Å². The van der Waals surface area contributed by atoms with Crippen LogP contribution in [0, 0.1) is 12.0 Å². The highest BCUT2D eigenvalue weighted by molar-refractivity contribution is 5.31. The first kappa shape index (κ1) is 12.0. The molecule has 1 heterocycles. The van der Waals surface area contributed by atoms with Crippen molar-refractivity contribution in [2.75, 3.05) is 12.4 Å². The van der Waals surface area contributed by atoms with Gasteiger partial charge in [-0.15, -0.1) is 0 Å². The summed E-state index contributed by atoms with van der Waals surface area (Å²) in [5.41, 5.74) is 0. The third kappa shape index (κ3) is 3.23. The number of nitrogens with zero attached hydrogens (tertiary/aromatic N) is 3. The predicted molar refractivity (Wildman–Crippen MR) is 70.5 cm³/mol. The molecular formula is C13H21N4+. The highest BCUT2D eigenvalue weighted by Crippen LogP contribution is 2.41. The summed E-state index contributed by atoms with van der Waals surface area (Å²) in [5, 5.41) is 7.57. The van der Waals surface area contributed by atoms with Crippen LogP contribution in [0.1, 0.15) is 39.2 Å². The Kier molecular flexibility index (Phi) is 3.68. The molecule has 1 unspecified atom stereocenters. The molecule has 0 aliphatic heterocycles. The molecule has 0 amide bonds. The fraction of sp³-hybridized carbons (Fsp3) is 0.692.